The Kier molecular flexibility index (Phi) is 2.68. The molecule has 2 unspecified atom stereocenters. The van der Waals surface area contributed by atoms with Crippen molar-refractivity contribution in [2.24, 2.45) is 11.8 Å². The largest absolute Gasteiger partial charge is 0.353 e. The van der Waals surface area contributed by atoms with Crippen molar-refractivity contribution in [2.75, 3.05) is 18.0 Å². The molecule has 2 fully saturated rings. The van der Waals surface area contributed by atoms with Crippen LogP contribution in [0.1, 0.15) is 31.2 Å². The molecule has 1 aromatic heterocycles. The first-order valence-corrected chi connectivity index (χ1v) is 6.33. The Bertz CT molecular complexity index is 439. The summed E-state index contributed by atoms with van der Waals surface area (Å²) in [4.78, 5) is 2.27. The first kappa shape index (κ1) is 10.5. The number of hydrogen-bond acceptors (Lipinski definition) is 4. The second-order valence-electron chi connectivity index (χ2n) is 5.18. The zero-order valence-electron chi connectivity index (χ0n) is 9.84. The van der Waals surface area contributed by atoms with Crippen LogP contribution in [0.4, 0.5) is 5.82 Å². The van der Waals surface area contributed by atoms with Gasteiger partial charge >= 0.3 is 0 Å². The summed E-state index contributed by atoms with van der Waals surface area (Å²) in [5.74, 6) is 2.36. The van der Waals surface area contributed by atoms with Gasteiger partial charge in [-0.25, -0.2) is 0 Å². The molecule has 1 saturated carbocycles. The number of aromatic nitrogens is 2. The highest BCUT2D eigenvalue weighted by Gasteiger charge is 2.31. The summed E-state index contributed by atoms with van der Waals surface area (Å²) < 4.78 is 0. The summed E-state index contributed by atoms with van der Waals surface area (Å²) in [5, 5.41) is 17.2. The van der Waals surface area contributed by atoms with Gasteiger partial charge in [-0.2, -0.15) is 10.4 Å². The number of nitriles is 1. The van der Waals surface area contributed by atoms with Crippen LogP contribution in [0.5, 0.6) is 0 Å². The molecule has 3 rings (SSSR count). The van der Waals surface area contributed by atoms with E-state index in [4.69, 9.17) is 5.26 Å². The molecule has 1 aromatic rings. The van der Waals surface area contributed by atoms with Crippen LogP contribution in [-0.2, 0) is 0 Å². The number of nitrogens with zero attached hydrogens (tertiary/aromatic N) is 4. The van der Waals surface area contributed by atoms with Crippen LogP contribution in [0, 0.1) is 23.2 Å². The van der Waals surface area contributed by atoms with E-state index in [1.807, 2.05) is 0 Å². The third-order valence-corrected chi connectivity index (χ3v) is 3.97. The molecular formula is C13H16N4. The molecular weight excluding hydrogens is 212 g/mol. The van der Waals surface area contributed by atoms with Crippen molar-refractivity contribution in [1.29, 1.82) is 5.26 Å². The Hall–Kier alpha value is -1.63. The summed E-state index contributed by atoms with van der Waals surface area (Å²) in [6.07, 6.45) is 6.98. The molecule has 0 radical (unpaired) electrons. The molecule has 88 valence electrons. The van der Waals surface area contributed by atoms with Crippen LogP contribution in [0.3, 0.4) is 0 Å². The molecule has 0 amide bonds. The van der Waals surface area contributed by atoms with Gasteiger partial charge in [0.1, 0.15) is 6.07 Å². The highest BCUT2D eigenvalue weighted by Crippen LogP contribution is 2.36. The third kappa shape index (κ3) is 1.97. The normalized spacial score (nSPS) is 27.6. The smallest absolute Gasteiger partial charge is 0.169 e. The van der Waals surface area contributed by atoms with Crippen molar-refractivity contribution in [3.05, 3.63) is 17.8 Å². The highest BCUT2D eigenvalue weighted by molar-refractivity contribution is 5.52. The molecule has 2 bridgehead atoms. The fourth-order valence-electron chi connectivity index (χ4n) is 3.25. The molecule has 2 atom stereocenters. The minimum atomic E-state index is 0.653. The number of anilines is 1. The van der Waals surface area contributed by atoms with Crippen molar-refractivity contribution >= 4 is 5.82 Å². The van der Waals surface area contributed by atoms with E-state index in [1.165, 1.54) is 25.7 Å². The van der Waals surface area contributed by atoms with Crippen molar-refractivity contribution in [3.8, 4) is 6.07 Å². The van der Waals surface area contributed by atoms with Crippen LogP contribution in [0.25, 0.3) is 0 Å². The Morgan fingerprint density at radius 2 is 2.06 bits per heavy atom. The van der Waals surface area contributed by atoms with E-state index in [1.54, 1.807) is 12.3 Å². The Balaban J connectivity index is 1.87. The maximum absolute atomic E-state index is 9.11. The molecule has 1 aliphatic heterocycles. The van der Waals surface area contributed by atoms with Crippen LogP contribution in [-0.4, -0.2) is 23.3 Å². The van der Waals surface area contributed by atoms with Gasteiger partial charge in [-0.15, -0.1) is 5.10 Å². The minimum absolute atomic E-state index is 0.653. The second kappa shape index (κ2) is 4.33. The quantitative estimate of drug-likeness (QED) is 0.737. The van der Waals surface area contributed by atoms with Crippen LogP contribution >= 0.6 is 0 Å². The molecule has 2 heterocycles. The van der Waals surface area contributed by atoms with E-state index >= 15 is 0 Å². The van der Waals surface area contributed by atoms with Crippen molar-refractivity contribution in [2.45, 2.75) is 25.7 Å². The molecule has 4 heteroatoms. The summed E-state index contributed by atoms with van der Waals surface area (Å²) >= 11 is 0. The van der Waals surface area contributed by atoms with Gasteiger partial charge in [-0.05, 0) is 37.2 Å². The minimum Gasteiger partial charge on any atom is -0.353 e. The first-order chi connectivity index (χ1) is 8.36. The second-order valence-corrected chi connectivity index (χ2v) is 5.18. The third-order valence-electron chi connectivity index (χ3n) is 3.97. The highest BCUT2D eigenvalue weighted by atomic mass is 15.3. The molecule has 0 aromatic carbocycles. The molecule has 0 N–H and O–H groups in total. The van der Waals surface area contributed by atoms with Gasteiger partial charge in [0.15, 0.2) is 5.82 Å². The number of hydrogen-bond donors (Lipinski definition) is 0. The predicted molar refractivity (Wildman–Crippen MR) is 64.4 cm³/mol. The molecule has 0 spiro atoms. The Labute approximate surface area is 101 Å². The predicted octanol–water partition coefficient (Wildman–Crippen LogP) is 1.97. The SMILES string of the molecule is N#Cc1ccnnc1N1CC2CCCC(C2)C1. The maximum atomic E-state index is 9.11. The molecule has 4 nitrogen and oxygen atoms in total. The standard InChI is InChI=1S/C13H16N4/c14-7-12-4-5-15-16-13(12)17-8-10-2-1-3-11(6-10)9-17/h4-5,10-11H,1-3,6,8-9H2. The van der Waals surface area contributed by atoms with E-state index < -0.39 is 0 Å². The van der Waals surface area contributed by atoms with Gasteiger partial charge in [-0.1, -0.05) is 6.42 Å². The maximum Gasteiger partial charge on any atom is 0.169 e. The van der Waals surface area contributed by atoms with Gasteiger partial charge in [0.25, 0.3) is 0 Å². The van der Waals surface area contributed by atoms with E-state index in [0.717, 1.165) is 30.7 Å². The summed E-state index contributed by atoms with van der Waals surface area (Å²) in [6.45, 7) is 2.09. The van der Waals surface area contributed by atoms with Gasteiger partial charge in [-0.3, -0.25) is 0 Å². The topological polar surface area (TPSA) is 52.8 Å². The van der Waals surface area contributed by atoms with E-state index in [9.17, 15) is 0 Å². The Morgan fingerprint density at radius 3 is 2.76 bits per heavy atom. The lowest BCUT2D eigenvalue weighted by Crippen LogP contribution is -2.43. The molecule has 2 aliphatic rings. The average Bonchev–Trinajstić information content (AvgIpc) is 2.38. The number of fused-ring (bicyclic) bond motifs is 2. The fraction of sp³-hybridized carbons (Fsp3) is 0.615. The number of rotatable bonds is 1. The lowest BCUT2D eigenvalue weighted by molar-refractivity contribution is 0.230. The zero-order chi connectivity index (χ0) is 11.7. The fourth-order valence-corrected chi connectivity index (χ4v) is 3.25. The first-order valence-electron chi connectivity index (χ1n) is 6.33. The molecule has 1 saturated heterocycles. The van der Waals surface area contributed by atoms with Gasteiger partial charge < -0.3 is 4.90 Å². The van der Waals surface area contributed by atoms with E-state index in [-0.39, 0.29) is 0 Å². The van der Waals surface area contributed by atoms with E-state index in [0.29, 0.717) is 5.56 Å². The lowest BCUT2D eigenvalue weighted by Gasteiger charge is -2.41. The van der Waals surface area contributed by atoms with Crippen LogP contribution < -0.4 is 4.90 Å². The monoisotopic (exact) mass is 228 g/mol. The van der Waals surface area contributed by atoms with Gasteiger partial charge in [0, 0.05) is 13.1 Å². The summed E-state index contributed by atoms with van der Waals surface area (Å²) in [5.41, 5.74) is 0.653. The molecule has 1 aliphatic carbocycles. The number of piperidine rings is 1. The molecule has 17 heavy (non-hydrogen) atoms. The van der Waals surface area contributed by atoms with Crippen LogP contribution in [0.2, 0.25) is 0 Å². The van der Waals surface area contributed by atoms with Crippen molar-refractivity contribution in [1.82, 2.24) is 10.2 Å². The van der Waals surface area contributed by atoms with E-state index in [2.05, 4.69) is 21.2 Å². The zero-order valence-corrected chi connectivity index (χ0v) is 9.84. The van der Waals surface area contributed by atoms with Crippen LogP contribution in [0.15, 0.2) is 12.3 Å². The summed E-state index contributed by atoms with van der Waals surface area (Å²) in [7, 11) is 0. The average molecular weight is 228 g/mol. The van der Waals surface area contributed by atoms with Gasteiger partial charge in [0.2, 0.25) is 0 Å². The summed E-state index contributed by atoms with van der Waals surface area (Å²) in [6, 6.07) is 3.97. The van der Waals surface area contributed by atoms with Crippen molar-refractivity contribution < 1.29 is 0 Å². The van der Waals surface area contributed by atoms with Crippen molar-refractivity contribution in [3.63, 3.8) is 0 Å². The Morgan fingerprint density at radius 1 is 1.29 bits per heavy atom. The lowest BCUT2D eigenvalue weighted by atomic mass is 9.78. The van der Waals surface area contributed by atoms with Gasteiger partial charge in [0.05, 0.1) is 11.8 Å².